The van der Waals surface area contributed by atoms with Gasteiger partial charge >= 0.3 is 0 Å². The molecule has 0 aliphatic rings. The largest absolute Gasteiger partial charge is 0.493 e. The molecular formula is C23H24N2O4. The van der Waals surface area contributed by atoms with Gasteiger partial charge in [-0.05, 0) is 24.1 Å². The molecular weight excluding hydrogens is 368 g/mol. The third-order valence-corrected chi connectivity index (χ3v) is 4.41. The predicted octanol–water partition coefficient (Wildman–Crippen LogP) is 4.65. The number of carbonyl (C=O) groups excluding carboxylic acids is 1. The maximum atomic E-state index is 11.4. The molecule has 0 aliphatic carbocycles. The molecule has 0 aliphatic heterocycles. The van der Waals surface area contributed by atoms with Gasteiger partial charge in [-0.3, -0.25) is 9.78 Å². The van der Waals surface area contributed by atoms with E-state index in [1.165, 1.54) is 0 Å². The Morgan fingerprint density at radius 3 is 2.24 bits per heavy atom. The summed E-state index contributed by atoms with van der Waals surface area (Å²) in [6, 6.07) is 13.6. The molecule has 6 heteroatoms. The number of benzene rings is 2. The Hall–Kier alpha value is -3.54. The number of pyridine rings is 1. The minimum atomic E-state index is 0.137. The summed E-state index contributed by atoms with van der Waals surface area (Å²) in [4.78, 5) is 15.8. The van der Waals surface area contributed by atoms with Crippen LogP contribution < -0.4 is 19.5 Å². The first-order valence-electron chi connectivity index (χ1n) is 9.15. The van der Waals surface area contributed by atoms with Gasteiger partial charge in [0.2, 0.25) is 5.75 Å². The lowest BCUT2D eigenvalue weighted by molar-refractivity contribution is -0.116. The van der Waals surface area contributed by atoms with Crippen LogP contribution in [0.4, 0.5) is 11.4 Å². The molecule has 1 aromatic heterocycles. The highest BCUT2D eigenvalue weighted by Gasteiger charge is 2.13. The Morgan fingerprint density at radius 2 is 1.62 bits per heavy atom. The number of hydrogen-bond acceptors (Lipinski definition) is 6. The van der Waals surface area contributed by atoms with E-state index >= 15 is 0 Å². The van der Waals surface area contributed by atoms with Gasteiger partial charge in [-0.2, -0.15) is 0 Å². The fourth-order valence-electron chi connectivity index (χ4n) is 3.13. The summed E-state index contributed by atoms with van der Waals surface area (Å²) in [6.07, 6.45) is 3.96. The summed E-state index contributed by atoms with van der Waals surface area (Å²) in [5, 5.41) is 3.33. The highest BCUT2D eigenvalue weighted by molar-refractivity contribution is 5.79. The number of nitrogens with zero attached hydrogens (tertiary/aromatic N) is 1. The van der Waals surface area contributed by atoms with Crippen LogP contribution in [0, 0.1) is 0 Å². The number of ketones is 1. The molecule has 0 unspecified atom stereocenters. The first kappa shape index (κ1) is 20.2. The molecule has 150 valence electrons. The third-order valence-electron chi connectivity index (χ3n) is 4.41. The van der Waals surface area contributed by atoms with Crippen molar-refractivity contribution in [3.8, 4) is 28.4 Å². The standard InChI is InChI=1S/C23H24N2O4/c1-15(26)8-16-6-5-7-17(9-16)18-10-20(14-24-13-18)25-19-11-21(27-2)23(29-4)22(12-19)28-3/h5-7,9-14,25H,8H2,1-4H3. The first-order valence-corrected chi connectivity index (χ1v) is 9.15. The zero-order valence-corrected chi connectivity index (χ0v) is 17.0. The number of hydrogen-bond donors (Lipinski definition) is 1. The predicted molar refractivity (Wildman–Crippen MR) is 113 cm³/mol. The second-order valence-corrected chi connectivity index (χ2v) is 6.58. The van der Waals surface area contributed by atoms with E-state index in [2.05, 4.69) is 10.3 Å². The van der Waals surface area contributed by atoms with Crippen LogP contribution in [-0.4, -0.2) is 32.1 Å². The van der Waals surface area contributed by atoms with Crippen LogP contribution >= 0.6 is 0 Å². The first-order chi connectivity index (χ1) is 14.0. The summed E-state index contributed by atoms with van der Waals surface area (Å²) < 4.78 is 16.2. The Morgan fingerprint density at radius 1 is 0.897 bits per heavy atom. The molecule has 29 heavy (non-hydrogen) atoms. The minimum absolute atomic E-state index is 0.137. The number of aromatic nitrogens is 1. The van der Waals surface area contributed by atoms with Crippen LogP contribution in [0.5, 0.6) is 17.2 Å². The minimum Gasteiger partial charge on any atom is -0.493 e. The number of nitrogens with one attached hydrogen (secondary N) is 1. The fraction of sp³-hybridized carbons (Fsp3) is 0.217. The Labute approximate surface area is 170 Å². The Balaban J connectivity index is 1.90. The summed E-state index contributed by atoms with van der Waals surface area (Å²) in [6.45, 7) is 1.59. The zero-order chi connectivity index (χ0) is 20.8. The van der Waals surface area contributed by atoms with E-state index in [0.29, 0.717) is 23.7 Å². The second-order valence-electron chi connectivity index (χ2n) is 6.58. The van der Waals surface area contributed by atoms with Crippen molar-refractivity contribution in [3.05, 3.63) is 60.4 Å². The van der Waals surface area contributed by atoms with E-state index in [1.807, 2.05) is 42.5 Å². The third kappa shape index (κ3) is 4.85. The number of rotatable bonds is 8. The molecule has 6 nitrogen and oxygen atoms in total. The van der Waals surface area contributed by atoms with Crippen molar-refractivity contribution in [2.24, 2.45) is 0 Å². The summed E-state index contributed by atoms with van der Waals surface area (Å²) in [5.41, 5.74) is 4.54. The molecule has 2 aromatic carbocycles. The average molecular weight is 392 g/mol. The van der Waals surface area contributed by atoms with Gasteiger partial charge in [-0.1, -0.05) is 24.3 Å². The van der Waals surface area contributed by atoms with E-state index in [9.17, 15) is 4.79 Å². The van der Waals surface area contributed by atoms with E-state index in [1.54, 1.807) is 40.6 Å². The summed E-state index contributed by atoms with van der Waals surface area (Å²) in [5.74, 6) is 1.80. The molecule has 0 saturated heterocycles. The molecule has 1 heterocycles. The van der Waals surface area contributed by atoms with Crippen molar-refractivity contribution in [2.45, 2.75) is 13.3 Å². The van der Waals surface area contributed by atoms with Crippen molar-refractivity contribution < 1.29 is 19.0 Å². The monoisotopic (exact) mass is 392 g/mol. The molecule has 0 atom stereocenters. The lowest BCUT2D eigenvalue weighted by Crippen LogP contribution is -1.98. The van der Waals surface area contributed by atoms with Crippen molar-refractivity contribution in [3.63, 3.8) is 0 Å². The maximum Gasteiger partial charge on any atom is 0.203 e. The number of ether oxygens (including phenoxy) is 3. The van der Waals surface area contributed by atoms with E-state index in [4.69, 9.17) is 14.2 Å². The molecule has 3 aromatic rings. The lowest BCUT2D eigenvalue weighted by Gasteiger charge is -2.15. The molecule has 3 rings (SSSR count). The van der Waals surface area contributed by atoms with Gasteiger partial charge in [0.1, 0.15) is 5.78 Å². The van der Waals surface area contributed by atoms with Gasteiger partial charge in [0.05, 0.1) is 33.2 Å². The van der Waals surface area contributed by atoms with E-state index in [-0.39, 0.29) is 5.78 Å². The molecule has 0 spiro atoms. The van der Waals surface area contributed by atoms with E-state index < -0.39 is 0 Å². The van der Waals surface area contributed by atoms with Crippen LogP contribution in [0.25, 0.3) is 11.1 Å². The van der Waals surface area contributed by atoms with Gasteiger partial charge in [0.15, 0.2) is 11.5 Å². The summed E-state index contributed by atoms with van der Waals surface area (Å²) >= 11 is 0. The van der Waals surface area contributed by atoms with Crippen molar-refractivity contribution in [2.75, 3.05) is 26.6 Å². The fourth-order valence-corrected chi connectivity index (χ4v) is 3.13. The molecule has 0 fully saturated rings. The SMILES string of the molecule is COc1cc(Nc2cncc(-c3cccc(CC(C)=O)c3)c2)cc(OC)c1OC. The molecule has 1 N–H and O–H groups in total. The van der Waals surface area contributed by atoms with Gasteiger partial charge in [0.25, 0.3) is 0 Å². The van der Waals surface area contributed by atoms with Crippen LogP contribution in [-0.2, 0) is 11.2 Å². The maximum absolute atomic E-state index is 11.4. The normalized spacial score (nSPS) is 10.3. The van der Waals surface area contributed by atoms with Crippen LogP contribution in [0.1, 0.15) is 12.5 Å². The van der Waals surface area contributed by atoms with Gasteiger partial charge in [-0.15, -0.1) is 0 Å². The van der Waals surface area contributed by atoms with Crippen LogP contribution in [0.15, 0.2) is 54.9 Å². The molecule has 0 radical (unpaired) electrons. The Bertz CT molecular complexity index is 992. The number of Topliss-reactive ketones (excluding diaryl/α,β-unsaturated/α-hetero) is 1. The van der Waals surface area contributed by atoms with Gasteiger partial charge in [-0.25, -0.2) is 0 Å². The molecule has 0 saturated carbocycles. The average Bonchev–Trinajstić information content (AvgIpc) is 2.73. The highest BCUT2D eigenvalue weighted by atomic mass is 16.5. The van der Waals surface area contributed by atoms with Crippen LogP contribution in [0.2, 0.25) is 0 Å². The van der Waals surface area contributed by atoms with Crippen LogP contribution in [0.3, 0.4) is 0 Å². The van der Waals surface area contributed by atoms with Crippen molar-refractivity contribution >= 4 is 17.2 Å². The second kappa shape index (κ2) is 9.10. The van der Waals surface area contributed by atoms with Crippen molar-refractivity contribution in [1.29, 1.82) is 0 Å². The quantitative estimate of drug-likeness (QED) is 0.602. The highest BCUT2D eigenvalue weighted by Crippen LogP contribution is 2.40. The van der Waals surface area contributed by atoms with Gasteiger partial charge in [0, 0.05) is 36.0 Å². The number of carbonyl (C=O) groups is 1. The lowest BCUT2D eigenvalue weighted by atomic mass is 10.0. The van der Waals surface area contributed by atoms with Gasteiger partial charge < -0.3 is 19.5 Å². The number of methoxy groups -OCH3 is 3. The number of anilines is 2. The topological polar surface area (TPSA) is 69.7 Å². The molecule has 0 bridgehead atoms. The smallest absolute Gasteiger partial charge is 0.203 e. The van der Waals surface area contributed by atoms with E-state index in [0.717, 1.165) is 28.1 Å². The summed E-state index contributed by atoms with van der Waals surface area (Å²) in [7, 11) is 4.73. The Kier molecular flexibility index (Phi) is 6.34. The molecule has 0 amide bonds. The zero-order valence-electron chi connectivity index (χ0n) is 17.0. The van der Waals surface area contributed by atoms with Crippen molar-refractivity contribution in [1.82, 2.24) is 4.98 Å².